The van der Waals surface area contributed by atoms with Crippen LogP contribution in [0.15, 0.2) is 27.6 Å². The zero-order valence-electron chi connectivity index (χ0n) is 10.5. The summed E-state index contributed by atoms with van der Waals surface area (Å²) in [4.78, 5) is 11.2. The highest BCUT2D eigenvalue weighted by molar-refractivity contribution is 9.10. The Hall–Kier alpha value is -0.960. The third-order valence-corrected chi connectivity index (χ3v) is 6.28. The van der Waals surface area contributed by atoms with Gasteiger partial charge in [-0.3, -0.25) is 4.79 Å². The first-order valence-corrected chi connectivity index (χ1v) is 8.25. The Morgan fingerprint density at radius 1 is 1.50 bits per heavy atom. The fourth-order valence-corrected chi connectivity index (χ4v) is 4.49. The average molecular weight is 364 g/mol. The molecule has 0 aliphatic carbocycles. The van der Waals surface area contributed by atoms with E-state index < -0.39 is 27.0 Å². The van der Waals surface area contributed by atoms with Gasteiger partial charge in [-0.2, -0.15) is 0 Å². The topological polar surface area (TPSA) is 107 Å². The molecule has 8 heteroatoms. The molecule has 0 aromatic heterocycles. The van der Waals surface area contributed by atoms with Crippen molar-refractivity contribution < 1.29 is 23.1 Å². The van der Waals surface area contributed by atoms with Gasteiger partial charge in [0.05, 0.1) is 24.0 Å². The predicted octanol–water partition coefficient (Wildman–Crippen LogP) is 0.749. The minimum Gasteiger partial charge on any atom is -0.481 e. The van der Waals surface area contributed by atoms with Gasteiger partial charge in [0.15, 0.2) is 9.84 Å². The zero-order valence-corrected chi connectivity index (χ0v) is 12.9. The fourth-order valence-electron chi connectivity index (χ4n) is 1.92. The van der Waals surface area contributed by atoms with Crippen LogP contribution in [0.25, 0.3) is 0 Å². The highest BCUT2D eigenvalue weighted by Gasteiger charge is 2.35. The van der Waals surface area contributed by atoms with Crippen molar-refractivity contribution in [2.75, 3.05) is 19.8 Å². The summed E-state index contributed by atoms with van der Waals surface area (Å²) < 4.78 is 29.8. The number of rotatable bonds is 5. The van der Waals surface area contributed by atoms with Crippen LogP contribution in [0.2, 0.25) is 0 Å². The van der Waals surface area contributed by atoms with Crippen molar-refractivity contribution in [2.24, 2.45) is 5.73 Å². The summed E-state index contributed by atoms with van der Waals surface area (Å²) in [5.74, 6) is -1.89. The molecule has 0 bridgehead atoms. The van der Waals surface area contributed by atoms with Gasteiger partial charge in [0.25, 0.3) is 0 Å². The van der Waals surface area contributed by atoms with Gasteiger partial charge in [-0.15, -0.1) is 0 Å². The fraction of sp³-hybridized carbons (Fsp3) is 0.417. The minimum atomic E-state index is -3.45. The number of carbonyl (C=O) groups is 1. The molecule has 3 N–H and O–H groups in total. The second kappa shape index (κ2) is 5.80. The molecule has 0 amide bonds. The second-order valence-electron chi connectivity index (χ2n) is 4.52. The van der Waals surface area contributed by atoms with Crippen molar-refractivity contribution in [3.63, 3.8) is 0 Å². The maximum absolute atomic E-state index is 12.3. The summed E-state index contributed by atoms with van der Waals surface area (Å²) in [6.07, 6.45) is 0. The standard InChI is InChI=1S/C12H14BrNO5S/c13-10-3-7(9(4-14)12(15)16)1-2-11(10)20(17,18)8-5-19-6-8/h1-3,8-9H,4-6,14H2,(H,15,16). The second-order valence-corrected chi connectivity index (χ2v) is 7.57. The number of hydrogen-bond donors (Lipinski definition) is 2. The molecule has 0 radical (unpaired) electrons. The van der Waals surface area contributed by atoms with Crippen molar-refractivity contribution >= 4 is 31.7 Å². The van der Waals surface area contributed by atoms with E-state index in [2.05, 4.69) is 15.9 Å². The summed E-state index contributed by atoms with van der Waals surface area (Å²) in [6, 6.07) is 4.40. The first-order valence-electron chi connectivity index (χ1n) is 5.92. The Kier molecular flexibility index (Phi) is 4.48. The Balaban J connectivity index is 2.37. The van der Waals surface area contributed by atoms with Crippen molar-refractivity contribution in [2.45, 2.75) is 16.1 Å². The molecule has 1 saturated heterocycles. The van der Waals surface area contributed by atoms with Crippen LogP contribution in [-0.4, -0.2) is 44.5 Å². The van der Waals surface area contributed by atoms with E-state index in [9.17, 15) is 13.2 Å². The molecule has 20 heavy (non-hydrogen) atoms. The smallest absolute Gasteiger partial charge is 0.312 e. The number of aliphatic carboxylic acids is 1. The van der Waals surface area contributed by atoms with Gasteiger partial charge in [0.1, 0.15) is 5.25 Å². The lowest BCUT2D eigenvalue weighted by Gasteiger charge is -2.26. The molecule has 1 unspecified atom stereocenters. The maximum atomic E-state index is 12.3. The van der Waals surface area contributed by atoms with E-state index in [1.807, 2.05) is 0 Å². The highest BCUT2D eigenvalue weighted by Crippen LogP contribution is 2.30. The van der Waals surface area contributed by atoms with Crippen molar-refractivity contribution in [3.05, 3.63) is 28.2 Å². The predicted molar refractivity (Wildman–Crippen MR) is 75.4 cm³/mol. The highest BCUT2D eigenvalue weighted by atomic mass is 79.9. The minimum absolute atomic E-state index is 0.0513. The molecule has 1 aliphatic heterocycles. The molecule has 1 fully saturated rings. The summed E-state index contributed by atoms with van der Waals surface area (Å²) >= 11 is 3.20. The number of hydrogen-bond acceptors (Lipinski definition) is 5. The largest absolute Gasteiger partial charge is 0.481 e. The molecule has 1 aliphatic rings. The summed E-state index contributed by atoms with van der Waals surface area (Å²) in [7, 11) is -3.45. The summed E-state index contributed by atoms with van der Waals surface area (Å²) in [5, 5.41) is 8.52. The van der Waals surface area contributed by atoms with Gasteiger partial charge < -0.3 is 15.6 Å². The monoisotopic (exact) mass is 363 g/mol. The summed E-state index contributed by atoms with van der Waals surface area (Å²) in [6.45, 7) is 0.332. The number of carboxylic acids is 1. The molecule has 0 spiro atoms. The van der Waals surface area contributed by atoms with Gasteiger partial charge in [-0.25, -0.2) is 8.42 Å². The Labute approximate surface area is 125 Å². The lowest BCUT2D eigenvalue weighted by Crippen LogP contribution is -2.40. The maximum Gasteiger partial charge on any atom is 0.312 e. The van der Waals surface area contributed by atoms with Crippen molar-refractivity contribution in [1.82, 2.24) is 0 Å². The third kappa shape index (κ3) is 2.73. The van der Waals surface area contributed by atoms with Crippen LogP contribution in [0, 0.1) is 0 Å². The van der Waals surface area contributed by atoms with Crippen LogP contribution in [0.1, 0.15) is 11.5 Å². The van der Waals surface area contributed by atoms with E-state index >= 15 is 0 Å². The molecule has 1 heterocycles. The van der Waals surface area contributed by atoms with Crippen LogP contribution in [0.3, 0.4) is 0 Å². The van der Waals surface area contributed by atoms with E-state index in [1.165, 1.54) is 18.2 Å². The number of nitrogens with two attached hydrogens (primary N) is 1. The molecular weight excluding hydrogens is 350 g/mol. The van der Waals surface area contributed by atoms with Crippen LogP contribution in [-0.2, 0) is 19.4 Å². The first-order chi connectivity index (χ1) is 9.37. The lowest BCUT2D eigenvalue weighted by molar-refractivity contribution is -0.138. The van der Waals surface area contributed by atoms with E-state index in [4.69, 9.17) is 15.6 Å². The first kappa shape index (κ1) is 15.4. The Morgan fingerprint density at radius 3 is 2.55 bits per heavy atom. The molecule has 0 saturated carbocycles. The molecule has 2 rings (SSSR count). The van der Waals surface area contributed by atoms with Gasteiger partial charge in [0.2, 0.25) is 0 Å². The van der Waals surface area contributed by atoms with E-state index in [1.54, 1.807) is 0 Å². The summed E-state index contributed by atoms with van der Waals surface area (Å²) in [5.41, 5.74) is 5.90. The number of ether oxygens (including phenoxy) is 1. The van der Waals surface area contributed by atoms with Gasteiger partial charge in [0, 0.05) is 11.0 Å². The third-order valence-electron chi connectivity index (χ3n) is 3.24. The van der Waals surface area contributed by atoms with Crippen LogP contribution in [0.5, 0.6) is 0 Å². The Bertz CT molecular complexity index is 627. The number of carboxylic acid groups (broad SMARTS) is 1. The number of benzene rings is 1. The molecule has 1 atom stereocenters. The molecule has 1 aromatic rings. The average Bonchev–Trinajstić information content (AvgIpc) is 2.25. The van der Waals surface area contributed by atoms with Crippen LogP contribution < -0.4 is 5.73 Å². The van der Waals surface area contributed by atoms with Gasteiger partial charge >= 0.3 is 5.97 Å². The van der Waals surface area contributed by atoms with Crippen LogP contribution >= 0.6 is 15.9 Å². The quantitative estimate of drug-likeness (QED) is 0.799. The molecule has 1 aromatic carbocycles. The molecular formula is C12H14BrNO5S. The zero-order chi connectivity index (χ0) is 14.9. The number of halogens is 1. The van der Waals surface area contributed by atoms with E-state index in [-0.39, 0.29) is 24.7 Å². The molecule has 110 valence electrons. The normalized spacial score (nSPS) is 17.5. The van der Waals surface area contributed by atoms with Gasteiger partial charge in [-0.1, -0.05) is 6.07 Å². The SMILES string of the molecule is NCC(C(=O)O)c1ccc(S(=O)(=O)C2COC2)c(Br)c1. The van der Waals surface area contributed by atoms with E-state index in [0.29, 0.717) is 10.0 Å². The van der Waals surface area contributed by atoms with Crippen LogP contribution in [0.4, 0.5) is 0 Å². The lowest BCUT2D eigenvalue weighted by atomic mass is 10.00. The van der Waals surface area contributed by atoms with Crippen molar-refractivity contribution in [3.8, 4) is 0 Å². The van der Waals surface area contributed by atoms with Crippen molar-refractivity contribution in [1.29, 1.82) is 0 Å². The Morgan fingerprint density at radius 2 is 2.15 bits per heavy atom. The number of sulfone groups is 1. The van der Waals surface area contributed by atoms with Gasteiger partial charge in [-0.05, 0) is 33.6 Å². The molecule has 6 nitrogen and oxygen atoms in total. The van der Waals surface area contributed by atoms with E-state index in [0.717, 1.165) is 0 Å².